The van der Waals surface area contributed by atoms with Crippen LogP contribution >= 0.6 is 0 Å². The Hall–Kier alpha value is -1.33. The lowest BCUT2D eigenvalue weighted by Gasteiger charge is -1.93. The maximum Gasteiger partial charge on any atom is 0.404 e. The van der Waals surface area contributed by atoms with Crippen molar-refractivity contribution in [3.8, 4) is 0 Å². The second-order valence-electron chi connectivity index (χ2n) is 1.22. The van der Waals surface area contributed by atoms with Crippen LogP contribution in [0.25, 0.3) is 0 Å². The van der Waals surface area contributed by atoms with Gasteiger partial charge in [0.25, 0.3) is 0 Å². The average molecular weight is 134 g/mol. The molecule has 0 spiro atoms. The van der Waals surface area contributed by atoms with E-state index in [-0.39, 0.29) is 6.61 Å². The molecule has 0 aromatic heterocycles. The first-order chi connectivity index (χ1) is 4.13. The number of primary amides is 1. The molecular formula is C3H6N2O4. The summed E-state index contributed by atoms with van der Waals surface area (Å²) < 4.78 is 4.05. The first-order valence-electron chi connectivity index (χ1n) is 2.17. The standard InChI is InChI=1S/C3H6N2O4/c4-3(6)9-2-1-5(7)8/h1-2H2,(H2,4,6). The molecule has 52 valence electrons. The Balaban J connectivity index is 3.10. The van der Waals surface area contributed by atoms with Crippen LogP contribution in [0.3, 0.4) is 0 Å². The summed E-state index contributed by atoms with van der Waals surface area (Å²) in [5.41, 5.74) is 4.49. The Kier molecular flexibility index (Phi) is 3.11. The van der Waals surface area contributed by atoms with Crippen molar-refractivity contribution in [3.63, 3.8) is 0 Å². The van der Waals surface area contributed by atoms with Crippen molar-refractivity contribution >= 4 is 6.09 Å². The van der Waals surface area contributed by atoms with Crippen LogP contribution in [0.5, 0.6) is 0 Å². The van der Waals surface area contributed by atoms with Crippen molar-refractivity contribution in [1.29, 1.82) is 0 Å². The minimum absolute atomic E-state index is 0.262. The molecule has 0 aliphatic carbocycles. The largest absolute Gasteiger partial charge is 0.443 e. The molecular weight excluding hydrogens is 128 g/mol. The molecule has 0 aliphatic heterocycles. The Morgan fingerprint density at radius 1 is 1.78 bits per heavy atom. The van der Waals surface area contributed by atoms with Crippen molar-refractivity contribution in [1.82, 2.24) is 0 Å². The van der Waals surface area contributed by atoms with Gasteiger partial charge in [0.1, 0.15) is 0 Å². The van der Waals surface area contributed by atoms with Crippen LogP contribution in [0.4, 0.5) is 4.79 Å². The molecule has 0 heterocycles. The quantitative estimate of drug-likeness (QED) is 0.410. The smallest absolute Gasteiger partial charge is 0.404 e. The monoisotopic (exact) mass is 134 g/mol. The summed E-state index contributed by atoms with van der Waals surface area (Å²) in [5.74, 6) is 0. The van der Waals surface area contributed by atoms with Gasteiger partial charge in [-0.3, -0.25) is 10.1 Å². The van der Waals surface area contributed by atoms with E-state index in [4.69, 9.17) is 0 Å². The summed E-state index contributed by atoms with van der Waals surface area (Å²) in [6, 6.07) is 0. The molecule has 2 N–H and O–H groups in total. The van der Waals surface area contributed by atoms with E-state index in [2.05, 4.69) is 10.5 Å². The number of rotatable bonds is 3. The highest BCUT2D eigenvalue weighted by Gasteiger charge is 1.98. The fourth-order valence-corrected chi connectivity index (χ4v) is 0.221. The van der Waals surface area contributed by atoms with Gasteiger partial charge < -0.3 is 10.5 Å². The van der Waals surface area contributed by atoms with Crippen molar-refractivity contribution in [2.45, 2.75) is 0 Å². The number of nitrogens with two attached hydrogens (primary N) is 1. The second-order valence-corrected chi connectivity index (χ2v) is 1.22. The topological polar surface area (TPSA) is 95.5 Å². The van der Waals surface area contributed by atoms with Crippen molar-refractivity contribution in [3.05, 3.63) is 10.1 Å². The molecule has 9 heavy (non-hydrogen) atoms. The first-order valence-corrected chi connectivity index (χ1v) is 2.17. The van der Waals surface area contributed by atoms with Gasteiger partial charge in [-0.25, -0.2) is 4.79 Å². The highest BCUT2D eigenvalue weighted by molar-refractivity contribution is 5.64. The number of carbonyl (C=O) groups is 1. The molecule has 0 aromatic carbocycles. The summed E-state index contributed by atoms with van der Waals surface area (Å²) in [6.07, 6.45) is -0.989. The van der Waals surface area contributed by atoms with Gasteiger partial charge in [0.15, 0.2) is 6.61 Å². The number of ether oxygens (including phenoxy) is 1. The summed E-state index contributed by atoms with van der Waals surface area (Å²) in [7, 11) is 0. The Bertz CT molecular complexity index is 109. The van der Waals surface area contributed by atoms with Gasteiger partial charge in [0, 0.05) is 4.92 Å². The summed E-state index contributed by atoms with van der Waals surface area (Å²) in [6.45, 7) is -0.661. The minimum atomic E-state index is -0.989. The molecule has 0 saturated carbocycles. The lowest BCUT2D eigenvalue weighted by molar-refractivity contribution is -0.482. The van der Waals surface area contributed by atoms with Crippen LogP contribution in [0.2, 0.25) is 0 Å². The maximum absolute atomic E-state index is 9.76. The van der Waals surface area contributed by atoms with Gasteiger partial charge in [-0.1, -0.05) is 0 Å². The van der Waals surface area contributed by atoms with Crippen LogP contribution in [-0.2, 0) is 4.74 Å². The molecule has 0 atom stereocenters. The van der Waals surface area contributed by atoms with E-state index < -0.39 is 17.6 Å². The number of hydrogen-bond acceptors (Lipinski definition) is 4. The first kappa shape index (κ1) is 7.67. The molecule has 6 heteroatoms. The molecule has 0 radical (unpaired) electrons. The third-order valence-corrected chi connectivity index (χ3v) is 0.518. The van der Waals surface area contributed by atoms with E-state index in [9.17, 15) is 14.9 Å². The fourth-order valence-electron chi connectivity index (χ4n) is 0.221. The molecule has 0 aromatic rings. The van der Waals surface area contributed by atoms with E-state index in [0.717, 1.165) is 0 Å². The predicted molar refractivity (Wildman–Crippen MR) is 27.4 cm³/mol. The Morgan fingerprint density at radius 2 is 2.33 bits per heavy atom. The maximum atomic E-state index is 9.76. The van der Waals surface area contributed by atoms with Crippen LogP contribution in [0, 0.1) is 10.1 Å². The summed E-state index contributed by atoms with van der Waals surface area (Å²) >= 11 is 0. The van der Waals surface area contributed by atoms with Gasteiger partial charge in [-0.15, -0.1) is 0 Å². The van der Waals surface area contributed by atoms with Gasteiger partial charge in [-0.05, 0) is 0 Å². The number of hydrogen-bond donors (Lipinski definition) is 1. The molecule has 0 rings (SSSR count). The fraction of sp³-hybridized carbons (Fsp3) is 0.667. The number of nitro groups is 1. The van der Waals surface area contributed by atoms with Gasteiger partial charge in [0.05, 0.1) is 0 Å². The van der Waals surface area contributed by atoms with Gasteiger partial charge in [-0.2, -0.15) is 0 Å². The van der Waals surface area contributed by atoms with Crippen molar-refractivity contribution < 1.29 is 14.5 Å². The second kappa shape index (κ2) is 3.65. The van der Waals surface area contributed by atoms with E-state index in [1.807, 2.05) is 0 Å². The molecule has 1 amide bonds. The molecule has 0 unspecified atom stereocenters. The van der Waals surface area contributed by atoms with E-state index in [1.54, 1.807) is 0 Å². The van der Waals surface area contributed by atoms with Crippen LogP contribution < -0.4 is 5.73 Å². The minimum Gasteiger partial charge on any atom is -0.443 e. The highest BCUT2D eigenvalue weighted by Crippen LogP contribution is 1.73. The zero-order chi connectivity index (χ0) is 7.28. The molecule has 6 nitrogen and oxygen atoms in total. The number of amides is 1. The zero-order valence-electron chi connectivity index (χ0n) is 4.57. The average Bonchev–Trinajstić information content (AvgIpc) is 1.63. The third kappa shape index (κ3) is 6.67. The normalized spacial score (nSPS) is 8.44. The predicted octanol–water partition coefficient (Wildman–Crippen LogP) is -0.642. The van der Waals surface area contributed by atoms with Crippen molar-refractivity contribution in [2.75, 3.05) is 13.2 Å². The SMILES string of the molecule is NC(=O)OCC[N+](=O)[O-]. The van der Waals surface area contributed by atoms with Crippen LogP contribution in [-0.4, -0.2) is 24.2 Å². The van der Waals surface area contributed by atoms with Crippen LogP contribution in [0.1, 0.15) is 0 Å². The molecule has 0 fully saturated rings. The Morgan fingerprint density at radius 3 is 2.67 bits per heavy atom. The van der Waals surface area contributed by atoms with E-state index in [0.29, 0.717) is 0 Å². The number of nitrogens with zero attached hydrogens (tertiary/aromatic N) is 1. The molecule has 0 aliphatic rings. The summed E-state index contributed by atoms with van der Waals surface area (Å²) in [5, 5.41) is 9.55. The highest BCUT2D eigenvalue weighted by atomic mass is 16.6. The molecule has 0 bridgehead atoms. The Labute approximate surface area is 50.7 Å². The zero-order valence-corrected chi connectivity index (χ0v) is 4.57. The van der Waals surface area contributed by atoms with E-state index >= 15 is 0 Å². The van der Waals surface area contributed by atoms with Crippen molar-refractivity contribution in [2.24, 2.45) is 5.73 Å². The lowest BCUT2D eigenvalue weighted by atomic mass is 10.7. The van der Waals surface area contributed by atoms with E-state index in [1.165, 1.54) is 0 Å². The third-order valence-electron chi connectivity index (χ3n) is 0.518. The van der Waals surface area contributed by atoms with Gasteiger partial charge in [0.2, 0.25) is 6.54 Å². The van der Waals surface area contributed by atoms with Crippen LogP contribution in [0.15, 0.2) is 0 Å². The summed E-state index contributed by atoms with van der Waals surface area (Å²) in [4.78, 5) is 18.7. The van der Waals surface area contributed by atoms with Gasteiger partial charge >= 0.3 is 6.09 Å². The molecule has 0 saturated heterocycles. The number of carbonyl (C=O) groups excluding carboxylic acids is 1. The lowest BCUT2D eigenvalue weighted by Crippen LogP contribution is -2.18.